The summed E-state index contributed by atoms with van der Waals surface area (Å²) in [5.41, 5.74) is 1.65. The molecule has 0 aliphatic carbocycles. The topological polar surface area (TPSA) is 79.3 Å². The zero-order valence-electron chi connectivity index (χ0n) is 12.2. The van der Waals surface area contributed by atoms with Crippen molar-refractivity contribution in [3.8, 4) is 0 Å². The Morgan fingerprint density at radius 1 is 1.04 bits per heavy atom. The summed E-state index contributed by atoms with van der Waals surface area (Å²) < 4.78 is 0. The third-order valence-corrected chi connectivity index (χ3v) is 3.58. The van der Waals surface area contributed by atoms with E-state index in [2.05, 4.69) is 10.3 Å². The van der Waals surface area contributed by atoms with Crippen LogP contribution < -0.4 is 5.32 Å². The van der Waals surface area contributed by atoms with Gasteiger partial charge in [0, 0.05) is 29.9 Å². The molecule has 0 bridgehead atoms. The van der Waals surface area contributed by atoms with Crippen LogP contribution in [0.5, 0.6) is 0 Å². The Morgan fingerprint density at radius 3 is 2.57 bits per heavy atom. The number of carbonyl (C=O) groups excluding carboxylic acids is 1. The van der Waals surface area contributed by atoms with E-state index in [-0.39, 0.29) is 11.5 Å². The van der Waals surface area contributed by atoms with Gasteiger partial charge in [-0.1, -0.05) is 24.3 Å². The number of fused-ring (bicyclic) bond motifs is 1. The third-order valence-electron chi connectivity index (χ3n) is 3.58. The SMILES string of the molecule is O=C(O)c1ccc(CNC(=O)c2cccc3cnccc23)cc1. The lowest BCUT2D eigenvalue weighted by Gasteiger charge is -2.08. The maximum Gasteiger partial charge on any atom is 0.335 e. The van der Waals surface area contributed by atoms with Gasteiger partial charge in [0.1, 0.15) is 0 Å². The van der Waals surface area contributed by atoms with E-state index in [0.29, 0.717) is 12.1 Å². The van der Waals surface area contributed by atoms with Crippen molar-refractivity contribution < 1.29 is 14.7 Å². The molecule has 2 N–H and O–H groups in total. The highest BCUT2D eigenvalue weighted by molar-refractivity contribution is 6.06. The number of hydrogen-bond acceptors (Lipinski definition) is 3. The van der Waals surface area contributed by atoms with Crippen molar-refractivity contribution in [3.05, 3.63) is 77.6 Å². The van der Waals surface area contributed by atoms with Gasteiger partial charge in [-0.3, -0.25) is 9.78 Å². The minimum Gasteiger partial charge on any atom is -0.478 e. The van der Waals surface area contributed by atoms with Crippen LogP contribution in [-0.4, -0.2) is 22.0 Å². The standard InChI is InChI=1S/C18H14N2O3/c21-17(16-3-1-2-14-11-19-9-8-15(14)16)20-10-12-4-6-13(7-5-12)18(22)23/h1-9,11H,10H2,(H,20,21)(H,22,23). The van der Waals surface area contributed by atoms with E-state index in [1.807, 2.05) is 18.2 Å². The van der Waals surface area contributed by atoms with Crippen LogP contribution in [0, 0.1) is 0 Å². The summed E-state index contributed by atoms with van der Waals surface area (Å²) in [6.07, 6.45) is 3.38. The quantitative estimate of drug-likeness (QED) is 0.777. The summed E-state index contributed by atoms with van der Waals surface area (Å²) in [5, 5.41) is 13.5. The molecular formula is C18H14N2O3. The first-order chi connectivity index (χ1) is 11.1. The number of aromatic carboxylic acids is 1. The van der Waals surface area contributed by atoms with Gasteiger partial charge in [0.05, 0.1) is 5.56 Å². The zero-order valence-corrected chi connectivity index (χ0v) is 12.2. The molecule has 3 aromatic rings. The Kier molecular flexibility index (Phi) is 4.01. The van der Waals surface area contributed by atoms with E-state index in [0.717, 1.165) is 16.3 Å². The minimum absolute atomic E-state index is 0.177. The Balaban J connectivity index is 1.75. The molecule has 0 aliphatic rings. The lowest BCUT2D eigenvalue weighted by molar-refractivity contribution is 0.0696. The average molecular weight is 306 g/mol. The van der Waals surface area contributed by atoms with Gasteiger partial charge in [0.25, 0.3) is 5.91 Å². The number of rotatable bonds is 4. The first kappa shape index (κ1) is 14.7. The molecule has 0 saturated carbocycles. The first-order valence-electron chi connectivity index (χ1n) is 7.08. The van der Waals surface area contributed by atoms with Crippen LogP contribution in [0.1, 0.15) is 26.3 Å². The predicted molar refractivity (Wildman–Crippen MR) is 86.3 cm³/mol. The van der Waals surface area contributed by atoms with Gasteiger partial charge in [-0.15, -0.1) is 0 Å². The van der Waals surface area contributed by atoms with Gasteiger partial charge in [-0.2, -0.15) is 0 Å². The molecule has 0 fully saturated rings. The molecule has 114 valence electrons. The van der Waals surface area contributed by atoms with Gasteiger partial charge < -0.3 is 10.4 Å². The lowest BCUT2D eigenvalue weighted by Crippen LogP contribution is -2.23. The van der Waals surface area contributed by atoms with E-state index in [9.17, 15) is 9.59 Å². The van der Waals surface area contributed by atoms with Gasteiger partial charge in [-0.05, 0) is 35.2 Å². The Bertz CT molecular complexity index is 868. The Morgan fingerprint density at radius 2 is 1.83 bits per heavy atom. The first-order valence-corrected chi connectivity index (χ1v) is 7.08. The molecule has 1 heterocycles. The number of nitrogens with zero attached hydrogens (tertiary/aromatic N) is 1. The molecule has 0 spiro atoms. The Hall–Kier alpha value is -3.21. The highest BCUT2D eigenvalue weighted by atomic mass is 16.4. The number of nitrogens with one attached hydrogen (secondary N) is 1. The van der Waals surface area contributed by atoms with Gasteiger partial charge in [0.15, 0.2) is 0 Å². The maximum absolute atomic E-state index is 12.4. The fourth-order valence-corrected chi connectivity index (χ4v) is 2.36. The zero-order chi connectivity index (χ0) is 16.2. The van der Waals surface area contributed by atoms with E-state index in [1.165, 1.54) is 12.1 Å². The fourth-order valence-electron chi connectivity index (χ4n) is 2.36. The molecule has 0 aliphatic heterocycles. The minimum atomic E-state index is -0.968. The van der Waals surface area contributed by atoms with Crippen molar-refractivity contribution in [2.24, 2.45) is 0 Å². The van der Waals surface area contributed by atoms with Crippen LogP contribution in [0.3, 0.4) is 0 Å². The summed E-state index contributed by atoms with van der Waals surface area (Å²) in [6.45, 7) is 0.334. The molecule has 23 heavy (non-hydrogen) atoms. The molecule has 0 atom stereocenters. The molecule has 1 amide bonds. The largest absolute Gasteiger partial charge is 0.478 e. The van der Waals surface area contributed by atoms with Crippen molar-refractivity contribution in [2.45, 2.75) is 6.54 Å². The van der Waals surface area contributed by atoms with Crippen molar-refractivity contribution in [1.29, 1.82) is 0 Å². The van der Waals surface area contributed by atoms with Crippen LogP contribution in [0.2, 0.25) is 0 Å². The molecule has 2 aromatic carbocycles. The smallest absolute Gasteiger partial charge is 0.335 e. The monoisotopic (exact) mass is 306 g/mol. The molecule has 1 aromatic heterocycles. The van der Waals surface area contributed by atoms with Crippen LogP contribution in [0.4, 0.5) is 0 Å². The average Bonchev–Trinajstić information content (AvgIpc) is 2.59. The van der Waals surface area contributed by atoms with Crippen LogP contribution in [-0.2, 0) is 6.54 Å². The van der Waals surface area contributed by atoms with Crippen molar-refractivity contribution in [1.82, 2.24) is 10.3 Å². The molecule has 0 saturated heterocycles. The number of amides is 1. The number of carbonyl (C=O) groups is 2. The maximum atomic E-state index is 12.4. The predicted octanol–water partition coefficient (Wildman–Crippen LogP) is 2.86. The van der Waals surface area contributed by atoms with Crippen LogP contribution in [0.15, 0.2) is 60.9 Å². The molecular weight excluding hydrogens is 292 g/mol. The van der Waals surface area contributed by atoms with Crippen molar-refractivity contribution in [2.75, 3.05) is 0 Å². The summed E-state index contributed by atoms with van der Waals surface area (Å²) in [4.78, 5) is 27.2. The molecule has 3 rings (SSSR count). The Labute approximate surface area is 132 Å². The van der Waals surface area contributed by atoms with Crippen LogP contribution >= 0.6 is 0 Å². The van der Waals surface area contributed by atoms with E-state index < -0.39 is 5.97 Å². The molecule has 0 radical (unpaired) electrons. The van der Waals surface area contributed by atoms with E-state index >= 15 is 0 Å². The normalized spacial score (nSPS) is 10.4. The summed E-state index contributed by atoms with van der Waals surface area (Å²) in [6, 6.07) is 13.7. The molecule has 5 heteroatoms. The van der Waals surface area contributed by atoms with Gasteiger partial charge >= 0.3 is 5.97 Å². The summed E-state index contributed by atoms with van der Waals surface area (Å²) >= 11 is 0. The third kappa shape index (κ3) is 3.18. The van der Waals surface area contributed by atoms with E-state index in [1.54, 1.807) is 30.6 Å². The second-order valence-corrected chi connectivity index (χ2v) is 5.09. The molecule has 0 unspecified atom stereocenters. The number of carboxylic acids is 1. The number of pyridine rings is 1. The number of aromatic nitrogens is 1. The number of hydrogen-bond donors (Lipinski definition) is 2. The van der Waals surface area contributed by atoms with Crippen molar-refractivity contribution in [3.63, 3.8) is 0 Å². The molecule has 5 nitrogen and oxygen atoms in total. The summed E-state index contributed by atoms with van der Waals surface area (Å²) in [7, 11) is 0. The second kappa shape index (κ2) is 6.27. The van der Waals surface area contributed by atoms with Gasteiger partial charge in [-0.25, -0.2) is 4.79 Å². The highest BCUT2D eigenvalue weighted by Gasteiger charge is 2.09. The highest BCUT2D eigenvalue weighted by Crippen LogP contribution is 2.17. The number of benzene rings is 2. The second-order valence-electron chi connectivity index (χ2n) is 5.09. The lowest BCUT2D eigenvalue weighted by atomic mass is 10.1. The van der Waals surface area contributed by atoms with Crippen LogP contribution in [0.25, 0.3) is 10.8 Å². The summed E-state index contributed by atoms with van der Waals surface area (Å²) in [5.74, 6) is -1.14. The van der Waals surface area contributed by atoms with Gasteiger partial charge in [0.2, 0.25) is 0 Å². The van der Waals surface area contributed by atoms with E-state index in [4.69, 9.17) is 5.11 Å². The fraction of sp³-hybridized carbons (Fsp3) is 0.0556. The van der Waals surface area contributed by atoms with Crippen molar-refractivity contribution >= 4 is 22.6 Å². The number of carboxylic acid groups (broad SMARTS) is 1.